The van der Waals surface area contributed by atoms with Gasteiger partial charge in [0, 0.05) is 25.1 Å². The van der Waals surface area contributed by atoms with Gasteiger partial charge in [-0.1, -0.05) is 0 Å². The number of carbonyl (C=O) groups excluding carboxylic acids is 3. The van der Waals surface area contributed by atoms with Crippen molar-refractivity contribution in [2.75, 3.05) is 19.0 Å². The largest absolute Gasteiger partial charge is 0.495 e. The number of likely N-dealkylation sites (tertiary alicyclic amines) is 1. The van der Waals surface area contributed by atoms with E-state index in [2.05, 4.69) is 5.32 Å². The molecule has 31 heavy (non-hydrogen) atoms. The molecule has 1 aromatic heterocycles. The van der Waals surface area contributed by atoms with Crippen molar-refractivity contribution in [1.29, 1.82) is 0 Å². The Hall–Kier alpha value is -3.89. The molecule has 164 valence electrons. The van der Waals surface area contributed by atoms with E-state index in [9.17, 15) is 24.5 Å². The first-order valence-electron chi connectivity index (χ1n) is 9.42. The van der Waals surface area contributed by atoms with Crippen molar-refractivity contribution in [3.05, 3.63) is 52.5 Å². The lowest BCUT2D eigenvalue weighted by molar-refractivity contribution is -0.384. The summed E-state index contributed by atoms with van der Waals surface area (Å²) in [6.07, 6.45) is 0.288. The smallest absolute Gasteiger partial charge is 0.312 e. The Morgan fingerprint density at radius 2 is 2.16 bits per heavy atom. The zero-order valence-corrected chi connectivity index (χ0v) is 16.9. The molecule has 0 bridgehead atoms. The molecule has 1 aliphatic rings. The van der Waals surface area contributed by atoms with Crippen LogP contribution in [0.25, 0.3) is 0 Å². The van der Waals surface area contributed by atoms with Crippen LogP contribution in [-0.2, 0) is 25.7 Å². The Morgan fingerprint density at radius 3 is 2.81 bits per heavy atom. The number of non-ortho nitro benzene ring substituents is 1. The van der Waals surface area contributed by atoms with Gasteiger partial charge in [0.2, 0.25) is 5.91 Å². The average Bonchev–Trinajstić information content (AvgIpc) is 3.38. The molecule has 3 rings (SSSR count). The van der Waals surface area contributed by atoms with E-state index in [4.69, 9.17) is 13.9 Å². The van der Waals surface area contributed by atoms with Gasteiger partial charge >= 0.3 is 5.97 Å². The average molecular weight is 431 g/mol. The minimum absolute atomic E-state index is 0.0212. The summed E-state index contributed by atoms with van der Waals surface area (Å²) in [5.41, 5.74) is -0.160. The molecule has 0 saturated carbocycles. The summed E-state index contributed by atoms with van der Waals surface area (Å²) in [6, 6.07) is 7.17. The normalized spacial score (nSPS) is 16.6. The summed E-state index contributed by atoms with van der Waals surface area (Å²) in [6.45, 7) is 1.78. The number of hydrogen-bond acceptors (Lipinski definition) is 8. The molecule has 11 nitrogen and oxygen atoms in total. The van der Waals surface area contributed by atoms with Crippen molar-refractivity contribution in [2.24, 2.45) is 5.92 Å². The van der Waals surface area contributed by atoms with Gasteiger partial charge in [-0.2, -0.15) is 0 Å². The summed E-state index contributed by atoms with van der Waals surface area (Å²) in [4.78, 5) is 48.9. The molecule has 1 aliphatic heterocycles. The first kappa shape index (κ1) is 21.8. The van der Waals surface area contributed by atoms with Crippen molar-refractivity contribution in [2.45, 2.75) is 26.0 Å². The molecule has 0 unspecified atom stereocenters. The quantitative estimate of drug-likeness (QED) is 0.381. The van der Waals surface area contributed by atoms with Crippen molar-refractivity contribution in [1.82, 2.24) is 4.90 Å². The summed E-state index contributed by atoms with van der Waals surface area (Å²) in [7, 11) is 1.35. The summed E-state index contributed by atoms with van der Waals surface area (Å²) in [5.74, 6) is -1.47. The first-order chi connectivity index (χ1) is 14.8. The monoisotopic (exact) mass is 431 g/mol. The van der Waals surface area contributed by atoms with Gasteiger partial charge in [-0.15, -0.1) is 0 Å². The van der Waals surface area contributed by atoms with Gasteiger partial charge in [-0.3, -0.25) is 24.5 Å². The number of rotatable bonds is 8. The number of furan rings is 1. The van der Waals surface area contributed by atoms with E-state index in [0.717, 1.165) is 6.07 Å². The number of nitrogens with zero attached hydrogens (tertiary/aromatic N) is 2. The highest BCUT2D eigenvalue weighted by Crippen LogP contribution is 2.29. The highest BCUT2D eigenvalue weighted by atomic mass is 16.6. The summed E-state index contributed by atoms with van der Waals surface area (Å²) >= 11 is 0. The molecule has 1 fully saturated rings. The summed E-state index contributed by atoms with van der Waals surface area (Å²) in [5, 5.41) is 13.4. The zero-order valence-electron chi connectivity index (χ0n) is 16.9. The Bertz CT molecular complexity index is 988. The zero-order chi connectivity index (χ0) is 22.5. The van der Waals surface area contributed by atoms with Crippen LogP contribution in [0, 0.1) is 16.0 Å². The molecule has 2 heterocycles. The first-order valence-corrected chi connectivity index (χ1v) is 9.42. The van der Waals surface area contributed by atoms with Crippen molar-refractivity contribution >= 4 is 29.2 Å². The minimum atomic E-state index is -1.19. The lowest BCUT2D eigenvalue weighted by Gasteiger charge is -2.17. The Morgan fingerprint density at radius 1 is 1.39 bits per heavy atom. The van der Waals surface area contributed by atoms with E-state index in [1.165, 1.54) is 37.3 Å². The fourth-order valence-corrected chi connectivity index (χ4v) is 3.14. The molecule has 2 atom stereocenters. The number of esters is 1. The van der Waals surface area contributed by atoms with Crippen LogP contribution >= 0.6 is 0 Å². The summed E-state index contributed by atoms with van der Waals surface area (Å²) < 4.78 is 15.5. The molecule has 2 aromatic rings. The van der Waals surface area contributed by atoms with Crippen molar-refractivity contribution in [3.8, 4) is 5.75 Å². The SMILES string of the molecule is COc1ccc([N+](=O)[O-])cc1NC(=O)[C@@H](C)OC(=O)[C@@H]1CC(=O)N(Cc2ccco2)C1. The van der Waals surface area contributed by atoms with Gasteiger partial charge in [0.1, 0.15) is 11.5 Å². The molecular formula is C20H21N3O8. The second-order valence-electron chi connectivity index (χ2n) is 6.96. The van der Waals surface area contributed by atoms with E-state index in [-0.39, 0.29) is 42.5 Å². The maximum absolute atomic E-state index is 12.5. The Balaban J connectivity index is 1.58. The predicted octanol–water partition coefficient (Wildman–Crippen LogP) is 2.12. The van der Waals surface area contributed by atoms with E-state index in [1.807, 2.05) is 0 Å². The van der Waals surface area contributed by atoms with Crippen LogP contribution in [0.4, 0.5) is 11.4 Å². The van der Waals surface area contributed by atoms with Crippen LogP contribution in [0.5, 0.6) is 5.75 Å². The molecule has 0 aliphatic carbocycles. The minimum Gasteiger partial charge on any atom is -0.495 e. The van der Waals surface area contributed by atoms with Crippen LogP contribution in [0.3, 0.4) is 0 Å². The number of nitro groups is 1. The predicted molar refractivity (Wildman–Crippen MR) is 106 cm³/mol. The fraction of sp³-hybridized carbons (Fsp3) is 0.350. The molecule has 1 saturated heterocycles. The van der Waals surface area contributed by atoms with Gasteiger partial charge < -0.3 is 24.1 Å². The van der Waals surface area contributed by atoms with Crippen LogP contribution in [0.15, 0.2) is 41.0 Å². The fourth-order valence-electron chi connectivity index (χ4n) is 3.14. The molecular weight excluding hydrogens is 410 g/mol. The highest BCUT2D eigenvalue weighted by Gasteiger charge is 2.37. The molecule has 0 spiro atoms. The number of nitrogens with one attached hydrogen (secondary N) is 1. The Kier molecular flexibility index (Phi) is 6.53. The van der Waals surface area contributed by atoms with E-state index in [0.29, 0.717) is 5.76 Å². The van der Waals surface area contributed by atoms with Crippen LogP contribution in [-0.4, -0.2) is 47.4 Å². The maximum atomic E-state index is 12.5. The third kappa shape index (κ3) is 5.18. The number of methoxy groups -OCH3 is 1. The van der Waals surface area contributed by atoms with Crippen molar-refractivity contribution in [3.63, 3.8) is 0 Å². The number of amides is 2. The Labute approximate surface area is 177 Å². The molecule has 1 N–H and O–H groups in total. The molecule has 11 heteroatoms. The van der Waals surface area contributed by atoms with E-state index >= 15 is 0 Å². The molecule has 2 amide bonds. The van der Waals surface area contributed by atoms with Crippen LogP contribution < -0.4 is 10.1 Å². The maximum Gasteiger partial charge on any atom is 0.312 e. The van der Waals surface area contributed by atoms with E-state index < -0.39 is 28.8 Å². The topological polar surface area (TPSA) is 141 Å². The van der Waals surface area contributed by atoms with Gasteiger partial charge in [-0.25, -0.2) is 0 Å². The van der Waals surface area contributed by atoms with Gasteiger partial charge in [0.15, 0.2) is 6.10 Å². The van der Waals surface area contributed by atoms with Crippen LogP contribution in [0.1, 0.15) is 19.1 Å². The molecule has 0 radical (unpaired) electrons. The third-order valence-corrected chi connectivity index (χ3v) is 4.79. The second-order valence-corrected chi connectivity index (χ2v) is 6.96. The number of anilines is 1. The van der Waals surface area contributed by atoms with E-state index in [1.54, 1.807) is 12.1 Å². The lowest BCUT2D eigenvalue weighted by atomic mass is 10.1. The van der Waals surface area contributed by atoms with Gasteiger partial charge in [0.25, 0.3) is 11.6 Å². The third-order valence-electron chi connectivity index (χ3n) is 4.79. The number of ether oxygens (including phenoxy) is 2. The lowest BCUT2D eigenvalue weighted by Crippen LogP contribution is -2.33. The van der Waals surface area contributed by atoms with Gasteiger partial charge in [-0.05, 0) is 25.1 Å². The van der Waals surface area contributed by atoms with Crippen molar-refractivity contribution < 1.29 is 33.2 Å². The highest BCUT2D eigenvalue weighted by molar-refractivity contribution is 5.97. The van der Waals surface area contributed by atoms with Gasteiger partial charge in [0.05, 0.1) is 36.4 Å². The number of carbonyl (C=O) groups is 3. The van der Waals surface area contributed by atoms with Crippen LogP contribution in [0.2, 0.25) is 0 Å². The number of nitro benzene ring substituents is 1. The molecule has 1 aromatic carbocycles. The number of benzene rings is 1. The standard InChI is InChI=1S/C20H21N3O8/c1-12(19(25)21-16-9-14(23(27)28)5-6-17(16)29-2)31-20(26)13-8-18(24)22(10-13)11-15-4-3-7-30-15/h3-7,9,12-13H,8,10-11H2,1-2H3,(H,21,25)/t12-,13-/m1/s1. The second kappa shape index (κ2) is 9.28. The number of hydrogen-bond donors (Lipinski definition) is 1.